The number of likely N-dealkylation sites (tertiary alicyclic amines) is 1. The molecular formula is C21H17N3O6S3. The molecule has 33 heavy (non-hydrogen) atoms. The van der Waals surface area contributed by atoms with Crippen molar-refractivity contribution < 1.29 is 24.4 Å². The Balaban J connectivity index is 1.44. The van der Waals surface area contributed by atoms with Gasteiger partial charge in [0, 0.05) is 28.2 Å². The first-order valence-corrected chi connectivity index (χ1v) is 12.6. The van der Waals surface area contributed by atoms with E-state index in [0.717, 1.165) is 26.8 Å². The van der Waals surface area contributed by atoms with Crippen LogP contribution in [-0.4, -0.2) is 49.5 Å². The molecule has 0 spiro atoms. The Kier molecular flexibility index (Phi) is 4.59. The number of nitro benzene ring substituents is 1. The number of fused-ring (bicyclic) bond motifs is 9. The third-order valence-electron chi connectivity index (χ3n) is 7.57. The molecule has 4 aliphatic rings. The van der Waals surface area contributed by atoms with Crippen molar-refractivity contribution in [1.82, 2.24) is 9.88 Å². The molecule has 2 N–H and O–H groups in total. The number of rotatable bonds is 4. The summed E-state index contributed by atoms with van der Waals surface area (Å²) in [5, 5.41) is 21.4. The van der Waals surface area contributed by atoms with E-state index in [-0.39, 0.29) is 46.4 Å². The molecule has 12 heteroatoms. The number of imide groups is 1. The predicted octanol–water partition coefficient (Wildman–Crippen LogP) is 3.27. The van der Waals surface area contributed by atoms with Crippen LogP contribution in [0.4, 0.5) is 5.69 Å². The summed E-state index contributed by atoms with van der Waals surface area (Å²) >= 11 is 8.55. The van der Waals surface area contributed by atoms with Gasteiger partial charge in [-0.2, -0.15) is 0 Å². The first-order valence-electron chi connectivity index (χ1n) is 10.5. The summed E-state index contributed by atoms with van der Waals surface area (Å²) in [5.74, 6) is -3.05. The number of nitrogens with zero attached hydrogens (tertiary/aromatic N) is 2. The van der Waals surface area contributed by atoms with Gasteiger partial charge in [-0.15, -0.1) is 23.1 Å². The number of aromatic amines is 1. The van der Waals surface area contributed by atoms with E-state index in [2.05, 4.69) is 4.98 Å². The van der Waals surface area contributed by atoms with Gasteiger partial charge in [0.05, 0.1) is 21.8 Å². The van der Waals surface area contributed by atoms with E-state index in [1.54, 1.807) is 23.9 Å². The number of H-pyrrole nitrogens is 1. The molecule has 0 unspecified atom stereocenters. The molecule has 1 aromatic heterocycles. The maximum absolute atomic E-state index is 13.1. The Labute approximate surface area is 200 Å². The third-order valence-corrected chi connectivity index (χ3v) is 10.5. The lowest BCUT2D eigenvalue weighted by molar-refractivity contribution is -0.384. The van der Waals surface area contributed by atoms with Gasteiger partial charge in [-0.05, 0) is 42.0 Å². The molecule has 6 rings (SSSR count). The van der Waals surface area contributed by atoms with Crippen LogP contribution < -0.4 is 0 Å². The molecular weight excluding hydrogens is 486 g/mol. The van der Waals surface area contributed by atoms with Crippen LogP contribution in [0, 0.1) is 43.7 Å². The SMILES string of the molecule is O=C(O)CN1C(=O)[C@@H]2[C@H]3C[C@@H]([C@@H]2C1=O)[C@@H]1[C@@H](c2ccc([N+](=O)[O-])cc2)c2sc(=S)[nH]c2S[C@@H]31. The van der Waals surface area contributed by atoms with Gasteiger partial charge < -0.3 is 10.1 Å². The minimum absolute atomic E-state index is 0.0105. The molecule has 2 aliphatic heterocycles. The second kappa shape index (κ2) is 7.21. The fourth-order valence-corrected chi connectivity index (χ4v) is 9.88. The van der Waals surface area contributed by atoms with Crippen LogP contribution in [0.3, 0.4) is 0 Å². The zero-order valence-corrected chi connectivity index (χ0v) is 19.3. The van der Waals surface area contributed by atoms with Gasteiger partial charge in [0.1, 0.15) is 6.54 Å². The number of carboxylic acids is 1. The molecule has 2 aliphatic carbocycles. The van der Waals surface area contributed by atoms with Crippen molar-refractivity contribution in [3.63, 3.8) is 0 Å². The lowest BCUT2D eigenvalue weighted by Gasteiger charge is -2.43. The Morgan fingerprint density at radius 2 is 1.88 bits per heavy atom. The fourth-order valence-electron chi connectivity index (χ4n) is 6.55. The predicted molar refractivity (Wildman–Crippen MR) is 121 cm³/mol. The molecule has 7 atom stereocenters. The minimum Gasteiger partial charge on any atom is -0.480 e. The molecule has 2 aromatic rings. The summed E-state index contributed by atoms with van der Waals surface area (Å²) in [5.41, 5.74) is 0.932. The molecule has 3 fully saturated rings. The Bertz CT molecular complexity index is 1290. The Morgan fingerprint density at radius 3 is 2.52 bits per heavy atom. The van der Waals surface area contributed by atoms with Crippen molar-refractivity contribution >= 4 is 58.8 Å². The Morgan fingerprint density at radius 1 is 1.21 bits per heavy atom. The van der Waals surface area contributed by atoms with Crippen LogP contribution in [0.15, 0.2) is 29.3 Å². The van der Waals surface area contributed by atoms with Crippen LogP contribution in [0.25, 0.3) is 0 Å². The van der Waals surface area contributed by atoms with E-state index in [9.17, 15) is 29.6 Å². The second-order valence-electron chi connectivity index (χ2n) is 8.97. The highest BCUT2D eigenvalue weighted by atomic mass is 32.2. The minimum atomic E-state index is -1.20. The molecule has 2 bridgehead atoms. The maximum Gasteiger partial charge on any atom is 0.323 e. The standard InChI is InChI=1S/C21H17N3O6S3/c25-11(26)6-23-19(27)14-9-5-10(15(14)20(23)28)16-13(9)12(17-18(32-16)22-21(31)33-17)7-1-3-8(4-2-7)24(29)30/h1-4,9-10,12-16H,5-6H2,(H,22,31)(H,25,26)/t9-,10-,12-,13-,14+,15-,16+/m1/s1. The van der Waals surface area contributed by atoms with Crippen molar-refractivity contribution in [2.45, 2.75) is 22.6 Å². The smallest absolute Gasteiger partial charge is 0.323 e. The molecule has 2 amide bonds. The molecule has 9 nitrogen and oxygen atoms in total. The van der Waals surface area contributed by atoms with Gasteiger partial charge in [-0.25, -0.2) is 0 Å². The number of aromatic nitrogens is 1. The number of carbonyl (C=O) groups is 3. The highest BCUT2D eigenvalue weighted by molar-refractivity contribution is 8.00. The number of carbonyl (C=O) groups excluding carboxylic acids is 2. The summed E-state index contributed by atoms with van der Waals surface area (Å²) < 4.78 is 0.645. The van der Waals surface area contributed by atoms with Crippen molar-refractivity contribution in [3.8, 4) is 0 Å². The number of thioether (sulfide) groups is 1. The number of aliphatic carboxylic acids is 1. The summed E-state index contributed by atoms with van der Waals surface area (Å²) in [4.78, 5) is 53.4. The lowest BCUT2D eigenvalue weighted by atomic mass is 9.68. The molecule has 170 valence electrons. The van der Waals surface area contributed by atoms with Gasteiger partial charge in [-0.3, -0.25) is 29.4 Å². The highest BCUT2D eigenvalue weighted by Gasteiger charge is 2.69. The zero-order valence-electron chi connectivity index (χ0n) is 16.9. The van der Waals surface area contributed by atoms with Gasteiger partial charge >= 0.3 is 5.97 Å². The van der Waals surface area contributed by atoms with Gasteiger partial charge in [0.2, 0.25) is 11.8 Å². The van der Waals surface area contributed by atoms with Crippen molar-refractivity contribution in [2.24, 2.45) is 29.6 Å². The van der Waals surface area contributed by atoms with E-state index in [1.165, 1.54) is 23.5 Å². The second-order valence-corrected chi connectivity index (χ2v) is 11.9. The van der Waals surface area contributed by atoms with Crippen LogP contribution in [0.1, 0.15) is 22.8 Å². The third kappa shape index (κ3) is 2.90. The summed E-state index contributed by atoms with van der Waals surface area (Å²) in [7, 11) is 0. The quantitative estimate of drug-likeness (QED) is 0.281. The topological polar surface area (TPSA) is 134 Å². The fraction of sp³-hybridized carbons (Fsp3) is 0.429. The van der Waals surface area contributed by atoms with Gasteiger partial charge in [0.25, 0.3) is 5.69 Å². The summed E-state index contributed by atoms with van der Waals surface area (Å²) in [6.45, 7) is -0.598. The number of carboxylic acid groups (broad SMARTS) is 1. The van der Waals surface area contributed by atoms with E-state index < -0.39 is 29.3 Å². The highest BCUT2D eigenvalue weighted by Crippen LogP contribution is 2.68. The summed E-state index contributed by atoms with van der Waals surface area (Å²) in [6, 6.07) is 6.52. The summed E-state index contributed by atoms with van der Waals surface area (Å²) in [6.07, 6.45) is 0.745. The normalized spacial score (nSPS) is 33.7. The van der Waals surface area contributed by atoms with E-state index in [4.69, 9.17) is 12.2 Å². The van der Waals surface area contributed by atoms with Crippen LogP contribution in [-0.2, 0) is 14.4 Å². The largest absolute Gasteiger partial charge is 0.480 e. The zero-order chi connectivity index (χ0) is 23.2. The number of thiazole rings is 1. The molecule has 3 heterocycles. The molecule has 0 radical (unpaired) electrons. The van der Waals surface area contributed by atoms with Gasteiger partial charge in [0.15, 0.2) is 3.95 Å². The van der Waals surface area contributed by atoms with Crippen molar-refractivity contribution in [2.75, 3.05) is 6.54 Å². The van der Waals surface area contributed by atoms with Crippen LogP contribution in [0.5, 0.6) is 0 Å². The molecule has 1 saturated heterocycles. The van der Waals surface area contributed by atoms with Crippen LogP contribution >= 0.6 is 35.3 Å². The number of nitro groups is 1. The number of non-ortho nitro benzene ring substituents is 1. The Hall–Kier alpha value is -2.57. The monoisotopic (exact) mass is 503 g/mol. The van der Waals surface area contributed by atoms with Gasteiger partial charge in [-0.1, -0.05) is 12.1 Å². The van der Waals surface area contributed by atoms with Crippen molar-refractivity contribution in [3.05, 3.63) is 48.8 Å². The van der Waals surface area contributed by atoms with E-state index in [1.807, 2.05) is 0 Å². The molecule has 1 aromatic carbocycles. The van der Waals surface area contributed by atoms with Crippen LogP contribution in [0.2, 0.25) is 0 Å². The van der Waals surface area contributed by atoms with E-state index in [0.29, 0.717) is 3.95 Å². The maximum atomic E-state index is 13.1. The number of benzene rings is 1. The number of amides is 2. The number of hydrogen-bond donors (Lipinski definition) is 2. The average Bonchev–Trinajstić information content (AvgIpc) is 3.49. The lowest BCUT2D eigenvalue weighted by Crippen LogP contribution is -2.42. The average molecular weight is 504 g/mol. The number of hydrogen-bond acceptors (Lipinski definition) is 8. The number of nitrogens with one attached hydrogen (secondary N) is 1. The first-order chi connectivity index (χ1) is 15.8. The molecule has 2 saturated carbocycles. The first kappa shape index (κ1) is 21.0. The van der Waals surface area contributed by atoms with Crippen molar-refractivity contribution in [1.29, 1.82) is 0 Å². The van der Waals surface area contributed by atoms with E-state index >= 15 is 0 Å².